The molecular weight excluding hydrogens is 293 g/mol. The molecule has 0 amide bonds. The molecule has 2 heterocycles. The molecule has 6 heteroatoms. The number of fused-ring (bicyclic) bond motifs is 1. The summed E-state index contributed by atoms with van der Waals surface area (Å²) < 4.78 is 16.9. The average Bonchev–Trinajstić information content (AvgIpc) is 2.73. The highest BCUT2D eigenvalue weighted by molar-refractivity contribution is 6.65. The molecule has 0 N–H and O–H groups in total. The van der Waals surface area contributed by atoms with Crippen molar-refractivity contribution in [3.05, 3.63) is 36.2 Å². The van der Waals surface area contributed by atoms with Gasteiger partial charge in [0.05, 0.1) is 18.3 Å². The van der Waals surface area contributed by atoms with E-state index in [1.165, 1.54) is 7.11 Å². The van der Waals surface area contributed by atoms with Crippen LogP contribution in [0.2, 0.25) is 0 Å². The number of aromatic nitrogens is 1. The first kappa shape index (κ1) is 16.0. The molecule has 1 saturated heterocycles. The van der Waals surface area contributed by atoms with E-state index in [0.29, 0.717) is 0 Å². The van der Waals surface area contributed by atoms with Gasteiger partial charge < -0.3 is 14.0 Å². The number of rotatable bonds is 2. The van der Waals surface area contributed by atoms with Crippen LogP contribution in [-0.2, 0) is 14.0 Å². The third-order valence-electron chi connectivity index (χ3n) is 4.70. The number of carbonyl (C=O) groups is 1. The molecule has 23 heavy (non-hydrogen) atoms. The van der Waals surface area contributed by atoms with E-state index in [4.69, 9.17) is 14.0 Å². The molecule has 0 spiro atoms. The Morgan fingerprint density at radius 1 is 1.17 bits per heavy atom. The van der Waals surface area contributed by atoms with Crippen molar-refractivity contribution in [3.63, 3.8) is 0 Å². The normalized spacial score (nSPS) is 19.1. The van der Waals surface area contributed by atoms with Gasteiger partial charge in [-0.15, -0.1) is 0 Å². The first-order chi connectivity index (χ1) is 10.7. The quantitative estimate of drug-likeness (QED) is 0.629. The molecule has 0 atom stereocenters. The summed E-state index contributed by atoms with van der Waals surface area (Å²) in [6.45, 7) is 8.08. The lowest BCUT2D eigenvalue weighted by molar-refractivity contribution is 0.00578. The summed E-state index contributed by atoms with van der Waals surface area (Å²) in [5.74, 6) is -0.451. The van der Waals surface area contributed by atoms with Crippen molar-refractivity contribution < 1.29 is 18.8 Å². The second-order valence-corrected chi connectivity index (χ2v) is 6.72. The molecule has 1 aliphatic heterocycles. The Morgan fingerprint density at radius 2 is 1.83 bits per heavy atom. The number of benzene rings is 1. The molecule has 1 aliphatic rings. The molecule has 1 aromatic carbocycles. The lowest BCUT2D eigenvalue weighted by Crippen LogP contribution is -2.41. The predicted molar refractivity (Wildman–Crippen MR) is 88.8 cm³/mol. The van der Waals surface area contributed by atoms with Gasteiger partial charge in [0.25, 0.3) is 0 Å². The molecule has 0 bridgehead atoms. The Bertz CT molecular complexity index is 756. The fraction of sp³-hybridized carbons (Fsp3) is 0.412. The van der Waals surface area contributed by atoms with E-state index in [2.05, 4.69) is 4.98 Å². The zero-order chi connectivity index (χ0) is 16.8. The predicted octanol–water partition coefficient (Wildman–Crippen LogP) is 2.32. The average molecular weight is 313 g/mol. The molecule has 120 valence electrons. The molecule has 1 fully saturated rings. The molecule has 2 aromatic rings. The third-order valence-corrected chi connectivity index (χ3v) is 4.70. The molecule has 0 saturated carbocycles. The van der Waals surface area contributed by atoms with Crippen molar-refractivity contribution in [2.45, 2.75) is 38.9 Å². The van der Waals surface area contributed by atoms with E-state index >= 15 is 0 Å². The second kappa shape index (κ2) is 5.32. The first-order valence-electron chi connectivity index (χ1n) is 7.58. The fourth-order valence-electron chi connectivity index (χ4n) is 2.59. The van der Waals surface area contributed by atoms with Gasteiger partial charge in [-0.05, 0) is 50.0 Å². The minimum atomic E-state index is -0.463. The van der Waals surface area contributed by atoms with Crippen molar-refractivity contribution in [2.24, 2.45) is 0 Å². The lowest BCUT2D eigenvalue weighted by atomic mass is 9.76. The first-order valence-corrected chi connectivity index (χ1v) is 7.58. The van der Waals surface area contributed by atoms with Gasteiger partial charge >= 0.3 is 13.1 Å². The number of pyridine rings is 1. The zero-order valence-electron chi connectivity index (χ0n) is 14.0. The van der Waals surface area contributed by atoms with Crippen LogP contribution in [0.25, 0.3) is 10.8 Å². The monoisotopic (exact) mass is 313 g/mol. The van der Waals surface area contributed by atoms with Gasteiger partial charge in [-0.3, -0.25) is 0 Å². The zero-order valence-corrected chi connectivity index (χ0v) is 14.0. The minimum Gasteiger partial charge on any atom is -0.464 e. The van der Waals surface area contributed by atoms with Crippen LogP contribution in [0.3, 0.4) is 0 Å². The van der Waals surface area contributed by atoms with E-state index in [9.17, 15) is 4.79 Å². The molecule has 0 aliphatic carbocycles. The smallest absolute Gasteiger partial charge is 0.464 e. The van der Waals surface area contributed by atoms with Crippen LogP contribution in [0.1, 0.15) is 38.2 Å². The molecule has 0 radical (unpaired) electrons. The van der Waals surface area contributed by atoms with E-state index < -0.39 is 24.3 Å². The van der Waals surface area contributed by atoms with Crippen molar-refractivity contribution >= 4 is 29.3 Å². The Labute approximate surface area is 136 Å². The van der Waals surface area contributed by atoms with E-state index in [-0.39, 0.29) is 5.69 Å². The van der Waals surface area contributed by atoms with Gasteiger partial charge in [0.2, 0.25) is 0 Å². The van der Waals surface area contributed by atoms with Crippen molar-refractivity contribution in [2.75, 3.05) is 7.11 Å². The number of hydrogen-bond donors (Lipinski definition) is 0. The third kappa shape index (κ3) is 2.62. The topological polar surface area (TPSA) is 57.7 Å². The van der Waals surface area contributed by atoms with Gasteiger partial charge in [-0.25, -0.2) is 9.78 Å². The number of nitrogens with zero attached hydrogens (tertiary/aromatic N) is 1. The fourth-order valence-corrected chi connectivity index (χ4v) is 2.59. The van der Waals surface area contributed by atoms with Gasteiger partial charge in [-0.2, -0.15) is 0 Å². The van der Waals surface area contributed by atoms with Crippen molar-refractivity contribution in [3.8, 4) is 0 Å². The summed E-state index contributed by atoms with van der Waals surface area (Å²) in [6.07, 6.45) is 1.67. The van der Waals surface area contributed by atoms with Crippen LogP contribution in [0.5, 0.6) is 0 Å². The van der Waals surface area contributed by atoms with Crippen LogP contribution in [0, 0.1) is 0 Å². The number of ether oxygens (including phenoxy) is 1. The summed E-state index contributed by atoms with van der Waals surface area (Å²) in [6, 6.07) is 7.53. The maximum atomic E-state index is 11.6. The summed E-state index contributed by atoms with van der Waals surface area (Å²) in [5.41, 5.74) is 0.384. The Kier molecular flexibility index (Phi) is 3.69. The van der Waals surface area contributed by atoms with Crippen molar-refractivity contribution in [1.29, 1.82) is 0 Å². The van der Waals surface area contributed by atoms with Gasteiger partial charge in [0, 0.05) is 6.20 Å². The Hall–Kier alpha value is -1.92. The Morgan fingerprint density at radius 3 is 2.43 bits per heavy atom. The van der Waals surface area contributed by atoms with Crippen molar-refractivity contribution in [1.82, 2.24) is 4.98 Å². The maximum Gasteiger partial charge on any atom is 0.495 e. The molecule has 3 rings (SSSR count). The minimum absolute atomic E-state index is 0.283. The molecule has 1 aromatic heterocycles. The second-order valence-electron chi connectivity index (χ2n) is 6.72. The molecule has 5 nitrogen and oxygen atoms in total. The van der Waals surface area contributed by atoms with E-state index in [0.717, 1.165) is 16.2 Å². The van der Waals surface area contributed by atoms with Crippen LogP contribution in [-0.4, -0.2) is 36.4 Å². The SMILES string of the molecule is COC(=O)c1cc2cccc(B3OC(C)(C)C(C)(C)O3)c2cn1. The van der Waals surface area contributed by atoms with Crippen LogP contribution in [0.15, 0.2) is 30.5 Å². The summed E-state index contributed by atoms with van der Waals surface area (Å²) in [5, 5.41) is 1.80. The number of carbonyl (C=O) groups excluding carboxylic acids is 1. The summed E-state index contributed by atoms with van der Waals surface area (Å²) >= 11 is 0. The van der Waals surface area contributed by atoms with E-state index in [1.54, 1.807) is 12.3 Å². The Balaban J connectivity index is 2.05. The van der Waals surface area contributed by atoms with Crippen LogP contribution >= 0.6 is 0 Å². The number of esters is 1. The highest BCUT2D eigenvalue weighted by Gasteiger charge is 2.52. The lowest BCUT2D eigenvalue weighted by Gasteiger charge is -2.32. The van der Waals surface area contributed by atoms with Crippen LogP contribution < -0.4 is 5.46 Å². The molecule has 0 unspecified atom stereocenters. The standard InChI is InChI=1S/C17H20BNO4/c1-16(2)17(3,4)23-18(22-16)13-8-6-7-11-9-14(15(20)21-5)19-10-12(11)13/h6-10H,1-5H3. The molecular formula is C17H20BNO4. The number of hydrogen-bond acceptors (Lipinski definition) is 5. The van der Waals surface area contributed by atoms with Gasteiger partial charge in [0.1, 0.15) is 5.69 Å². The van der Waals surface area contributed by atoms with E-state index in [1.807, 2.05) is 45.9 Å². The maximum absolute atomic E-state index is 11.6. The van der Waals surface area contributed by atoms with Gasteiger partial charge in [-0.1, -0.05) is 18.2 Å². The summed E-state index contributed by atoms with van der Waals surface area (Å²) in [4.78, 5) is 15.8. The van der Waals surface area contributed by atoms with Crippen LogP contribution in [0.4, 0.5) is 0 Å². The summed E-state index contributed by atoms with van der Waals surface area (Å²) in [7, 11) is 0.879. The van der Waals surface area contributed by atoms with Gasteiger partial charge in [0.15, 0.2) is 0 Å². The number of methoxy groups -OCH3 is 1. The largest absolute Gasteiger partial charge is 0.495 e. The highest BCUT2D eigenvalue weighted by Crippen LogP contribution is 2.37. The highest BCUT2D eigenvalue weighted by atomic mass is 16.7.